The molecule has 0 heterocycles. The Balaban J connectivity index is 2.76. The van der Waals surface area contributed by atoms with Crippen LogP contribution in [-0.4, -0.2) is 30.5 Å². The number of nitrogens with zero attached hydrogens (tertiary/aromatic N) is 1. The fourth-order valence-corrected chi connectivity index (χ4v) is 0.940. The van der Waals surface area contributed by atoms with Gasteiger partial charge in [0.2, 0.25) is 0 Å². The zero-order valence-electron chi connectivity index (χ0n) is 8.06. The number of carbonyl (C=O) groups excluding carboxylic acids is 1. The van der Waals surface area contributed by atoms with E-state index in [4.69, 9.17) is 17.0 Å². The van der Waals surface area contributed by atoms with Crippen molar-refractivity contribution < 1.29 is 9.53 Å². The average molecular weight is 209 g/mol. The van der Waals surface area contributed by atoms with Crippen molar-refractivity contribution in [2.24, 2.45) is 0 Å². The zero-order valence-corrected chi connectivity index (χ0v) is 8.88. The second-order valence-electron chi connectivity index (χ2n) is 2.95. The SMILES string of the molecule is CN(C)C(=S)Oc1cccc(C=O)c1. The van der Waals surface area contributed by atoms with Gasteiger partial charge in [-0.05, 0) is 24.4 Å². The molecule has 14 heavy (non-hydrogen) atoms. The molecule has 0 aliphatic rings. The lowest BCUT2D eigenvalue weighted by molar-refractivity contribution is 0.112. The van der Waals surface area contributed by atoms with E-state index in [9.17, 15) is 4.79 Å². The number of hydrogen-bond acceptors (Lipinski definition) is 3. The van der Waals surface area contributed by atoms with Gasteiger partial charge in [0.25, 0.3) is 5.17 Å². The van der Waals surface area contributed by atoms with Gasteiger partial charge in [-0.1, -0.05) is 12.1 Å². The Hall–Kier alpha value is -1.42. The molecule has 1 rings (SSSR count). The first-order valence-electron chi connectivity index (χ1n) is 4.08. The highest BCUT2D eigenvalue weighted by Gasteiger charge is 2.02. The average Bonchev–Trinajstić information content (AvgIpc) is 2.18. The van der Waals surface area contributed by atoms with Crippen molar-refractivity contribution in [3.05, 3.63) is 29.8 Å². The Bertz CT molecular complexity index is 350. The summed E-state index contributed by atoms with van der Waals surface area (Å²) in [7, 11) is 3.60. The molecule has 0 saturated carbocycles. The highest BCUT2D eigenvalue weighted by molar-refractivity contribution is 7.80. The minimum absolute atomic E-state index is 0.369. The molecule has 1 aromatic rings. The number of aldehydes is 1. The first kappa shape index (κ1) is 10.7. The molecule has 0 N–H and O–H groups in total. The number of thiocarbonyl (C=S) groups is 1. The third kappa shape index (κ3) is 2.81. The Labute approximate surface area is 88.3 Å². The van der Waals surface area contributed by atoms with Crippen molar-refractivity contribution in [1.29, 1.82) is 0 Å². The van der Waals surface area contributed by atoms with Crippen molar-refractivity contribution in [2.45, 2.75) is 0 Å². The van der Waals surface area contributed by atoms with Crippen LogP contribution in [0.2, 0.25) is 0 Å². The zero-order chi connectivity index (χ0) is 10.6. The highest BCUT2D eigenvalue weighted by Crippen LogP contribution is 2.12. The maximum absolute atomic E-state index is 10.5. The summed E-state index contributed by atoms with van der Waals surface area (Å²) in [6, 6.07) is 6.85. The highest BCUT2D eigenvalue weighted by atomic mass is 32.1. The first-order valence-corrected chi connectivity index (χ1v) is 4.48. The van der Waals surface area contributed by atoms with Crippen LogP contribution in [0.1, 0.15) is 10.4 Å². The molecule has 0 spiro atoms. The van der Waals surface area contributed by atoms with Gasteiger partial charge in [-0.3, -0.25) is 4.79 Å². The van der Waals surface area contributed by atoms with Crippen LogP contribution in [-0.2, 0) is 0 Å². The van der Waals surface area contributed by atoms with Crippen LogP contribution in [0.25, 0.3) is 0 Å². The van der Waals surface area contributed by atoms with E-state index in [2.05, 4.69) is 0 Å². The molecular weight excluding hydrogens is 198 g/mol. The quantitative estimate of drug-likeness (QED) is 0.548. The van der Waals surface area contributed by atoms with Gasteiger partial charge in [0.15, 0.2) is 0 Å². The second-order valence-corrected chi connectivity index (χ2v) is 3.30. The molecular formula is C10H11NO2S. The van der Waals surface area contributed by atoms with Crippen molar-refractivity contribution in [3.8, 4) is 5.75 Å². The topological polar surface area (TPSA) is 29.5 Å². The van der Waals surface area contributed by atoms with Gasteiger partial charge in [0, 0.05) is 19.7 Å². The van der Waals surface area contributed by atoms with E-state index in [0.717, 1.165) is 6.29 Å². The van der Waals surface area contributed by atoms with Gasteiger partial charge >= 0.3 is 0 Å². The second kappa shape index (κ2) is 4.72. The smallest absolute Gasteiger partial charge is 0.264 e. The monoisotopic (exact) mass is 209 g/mol. The molecule has 0 aromatic heterocycles. The maximum Gasteiger partial charge on any atom is 0.264 e. The van der Waals surface area contributed by atoms with Crippen LogP contribution < -0.4 is 4.74 Å². The minimum atomic E-state index is 0.369. The predicted molar refractivity (Wildman–Crippen MR) is 58.7 cm³/mol. The molecule has 0 unspecified atom stereocenters. The van der Waals surface area contributed by atoms with Gasteiger partial charge < -0.3 is 9.64 Å². The van der Waals surface area contributed by atoms with Crippen LogP contribution >= 0.6 is 12.2 Å². The first-order chi connectivity index (χ1) is 6.63. The fraction of sp³-hybridized carbons (Fsp3) is 0.200. The van der Waals surface area contributed by atoms with E-state index in [1.807, 2.05) is 0 Å². The molecule has 0 bridgehead atoms. The van der Waals surface area contributed by atoms with E-state index < -0.39 is 0 Å². The van der Waals surface area contributed by atoms with Gasteiger partial charge in [0.1, 0.15) is 12.0 Å². The van der Waals surface area contributed by atoms with Gasteiger partial charge in [-0.25, -0.2) is 0 Å². The third-order valence-corrected chi connectivity index (χ3v) is 2.01. The molecule has 0 atom stereocenters. The van der Waals surface area contributed by atoms with Crippen molar-refractivity contribution in [1.82, 2.24) is 4.90 Å². The summed E-state index contributed by atoms with van der Waals surface area (Å²) in [5.74, 6) is 0.577. The molecule has 1 aromatic carbocycles. The van der Waals surface area contributed by atoms with Crippen LogP contribution in [0.15, 0.2) is 24.3 Å². The predicted octanol–water partition coefficient (Wildman–Crippen LogP) is 1.72. The number of ether oxygens (including phenoxy) is 1. The van der Waals surface area contributed by atoms with Crippen LogP contribution in [0, 0.1) is 0 Å². The Morgan fingerprint density at radius 2 is 2.21 bits per heavy atom. The standard InChI is InChI=1S/C10H11NO2S/c1-11(2)10(14)13-9-5-3-4-8(6-9)7-12/h3-7H,1-2H3. The summed E-state index contributed by atoms with van der Waals surface area (Å²) < 4.78 is 5.32. The van der Waals surface area contributed by atoms with Crippen molar-refractivity contribution in [2.75, 3.05) is 14.1 Å². The van der Waals surface area contributed by atoms with Crippen LogP contribution in [0.5, 0.6) is 5.75 Å². The molecule has 0 amide bonds. The van der Waals surface area contributed by atoms with Gasteiger partial charge in [-0.15, -0.1) is 0 Å². The normalized spacial score (nSPS) is 9.29. The number of hydrogen-bond donors (Lipinski definition) is 0. The number of rotatable bonds is 2. The van der Waals surface area contributed by atoms with Crippen LogP contribution in [0.4, 0.5) is 0 Å². The minimum Gasteiger partial charge on any atom is -0.432 e. The summed E-state index contributed by atoms with van der Waals surface area (Å²) in [6.45, 7) is 0. The summed E-state index contributed by atoms with van der Waals surface area (Å²) in [4.78, 5) is 12.2. The number of benzene rings is 1. The summed E-state index contributed by atoms with van der Waals surface area (Å²) in [5.41, 5.74) is 0.573. The molecule has 0 radical (unpaired) electrons. The summed E-state index contributed by atoms with van der Waals surface area (Å²) in [6.07, 6.45) is 0.769. The largest absolute Gasteiger partial charge is 0.432 e. The fourth-order valence-electron chi connectivity index (χ4n) is 0.843. The van der Waals surface area contributed by atoms with E-state index in [1.165, 1.54) is 0 Å². The molecule has 0 aliphatic heterocycles. The van der Waals surface area contributed by atoms with Crippen molar-refractivity contribution in [3.63, 3.8) is 0 Å². The lowest BCUT2D eigenvalue weighted by Gasteiger charge is -2.13. The molecule has 3 nitrogen and oxygen atoms in total. The van der Waals surface area contributed by atoms with E-state index in [0.29, 0.717) is 16.5 Å². The van der Waals surface area contributed by atoms with E-state index in [1.54, 1.807) is 43.3 Å². The maximum atomic E-state index is 10.5. The molecule has 74 valence electrons. The number of carbonyl (C=O) groups is 1. The van der Waals surface area contributed by atoms with E-state index >= 15 is 0 Å². The molecule has 0 aliphatic carbocycles. The lowest BCUT2D eigenvalue weighted by atomic mass is 10.2. The van der Waals surface area contributed by atoms with Gasteiger partial charge in [-0.2, -0.15) is 0 Å². The van der Waals surface area contributed by atoms with Gasteiger partial charge in [0.05, 0.1) is 0 Å². The Kier molecular flexibility index (Phi) is 3.59. The third-order valence-electron chi connectivity index (χ3n) is 1.56. The summed E-state index contributed by atoms with van der Waals surface area (Å²) >= 11 is 4.95. The van der Waals surface area contributed by atoms with Crippen LogP contribution in [0.3, 0.4) is 0 Å². The molecule has 4 heteroatoms. The van der Waals surface area contributed by atoms with Crippen molar-refractivity contribution >= 4 is 23.7 Å². The summed E-state index contributed by atoms with van der Waals surface area (Å²) in [5, 5.41) is 0.369. The molecule has 0 saturated heterocycles. The van der Waals surface area contributed by atoms with E-state index in [-0.39, 0.29) is 0 Å². The Morgan fingerprint density at radius 1 is 1.50 bits per heavy atom. The lowest BCUT2D eigenvalue weighted by Crippen LogP contribution is -2.24. The molecule has 0 fully saturated rings. The Morgan fingerprint density at radius 3 is 2.79 bits per heavy atom.